The van der Waals surface area contributed by atoms with Crippen molar-refractivity contribution >= 4 is 5.69 Å². The molecule has 1 N–H and O–H groups in total. The van der Waals surface area contributed by atoms with Gasteiger partial charge in [0.1, 0.15) is 0 Å². The molecule has 1 aromatic rings. The largest absolute Gasteiger partial charge is 0.381 e. The summed E-state index contributed by atoms with van der Waals surface area (Å²) < 4.78 is 0. The molecule has 2 rings (SSSR count). The molecule has 1 aliphatic carbocycles. The molecule has 2 nitrogen and oxygen atoms in total. The molecule has 2 unspecified atom stereocenters. The molecule has 16 heavy (non-hydrogen) atoms. The van der Waals surface area contributed by atoms with Crippen LogP contribution >= 0.6 is 0 Å². The van der Waals surface area contributed by atoms with Crippen LogP contribution in [0.25, 0.3) is 0 Å². The van der Waals surface area contributed by atoms with Gasteiger partial charge in [-0.3, -0.25) is 4.98 Å². The zero-order valence-electron chi connectivity index (χ0n) is 10.4. The molecule has 1 aromatic heterocycles. The summed E-state index contributed by atoms with van der Waals surface area (Å²) in [5.41, 5.74) is 2.41. The van der Waals surface area contributed by atoms with Crippen LogP contribution in [0.5, 0.6) is 0 Å². The molecule has 0 radical (unpaired) electrons. The van der Waals surface area contributed by atoms with E-state index in [9.17, 15) is 0 Å². The summed E-state index contributed by atoms with van der Waals surface area (Å²) in [6.45, 7) is 4.40. The molecule has 0 bridgehead atoms. The monoisotopic (exact) mass is 218 g/mol. The summed E-state index contributed by atoms with van der Waals surface area (Å²) in [5.74, 6) is 0.920. The Morgan fingerprint density at radius 3 is 3.00 bits per heavy atom. The minimum absolute atomic E-state index is 0.655. The highest BCUT2D eigenvalue weighted by atomic mass is 14.9. The number of hydrogen-bond donors (Lipinski definition) is 1. The highest BCUT2D eigenvalue weighted by Crippen LogP contribution is 2.28. The van der Waals surface area contributed by atoms with Crippen LogP contribution in [0.1, 0.15) is 44.6 Å². The number of aryl methyl sites for hydroxylation is 1. The van der Waals surface area contributed by atoms with Crippen molar-refractivity contribution < 1.29 is 0 Å². The molecular weight excluding hydrogens is 196 g/mol. The molecule has 1 saturated carbocycles. The molecular formula is C14H22N2. The normalized spacial score (nSPS) is 25.4. The standard InChI is InChI=1S/C14H22N2/c1-3-12-5-4-6-13(8-12)16-14-7-11(2)9-15-10-14/h7,9-10,12-13,16H,3-6,8H2,1-2H3. The molecule has 2 heteroatoms. The van der Waals surface area contributed by atoms with Crippen LogP contribution < -0.4 is 5.32 Å². The molecule has 2 atom stereocenters. The zero-order chi connectivity index (χ0) is 11.4. The minimum atomic E-state index is 0.655. The average Bonchev–Trinajstić information content (AvgIpc) is 2.29. The SMILES string of the molecule is CCC1CCCC(Nc2cncc(C)c2)C1. The van der Waals surface area contributed by atoms with Gasteiger partial charge >= 0.3 is 0 Å². The van der Waals surface area contributed by atoms with Crippen molar-refractivity contribution in [2.24, 2.45) is 5.92 Å². The third kappa shape index (κ3) is 2.97. The second kappa shape index (κ2) is 5.33. The summed E-state index contributed by atoms with van der Waals surface area (Å²) in [6.07, 6.45) is 10.6. The topological polar surface area (TPSA) is 24.9 Å². The Morgan fingerprint density at radius 2 is 2.25 bits per heavy atom. The van der Waals surface area contributed by atoms with Gasteiger partial charge in [0.15, 0.2) is 0 Å². The number of nitrogens with one attached hydrogen (secondary N) is 1. The molecule has 1 fully saturated rings. The lowest BCUT2D eigenvalue weighted by molar-refractivity contribution is 0.327. The van der Waals surface area contributed by atoms with E-state index in [1.807, 2.05) is 12.4 Å². The van der Waals surface area contributed by atoms with Crippen LogP contribution in [0.2, 0.25) is 0 Å². The van der Waals surface area contributed by atoms with Gasteiger partial charge in [0.25, 0.3) is 0 Å². The Hall–Kier alpha value is -1.05. The number of anilines is 1. The molecule has 0 aromatic carbocycles. The van der Waals surface area contributed by atoms with Gasteiger partial charge in [-0.05, 0) is 37.3 Å². The van der Waals surface area contributed by atoms with E-state index in [0.29, 0.717) is 6.04 Å². The number of nitrogens with zero attached hydrogens (tertiary/aromatic N) is 1. The van der Waals surface area contributed by atoms with Gasteiger partial charge in [-0.15, -0.1) is 0 Å². The van der Waals surface area contributed by atoms with Gasteiger partial charge < -0.3 is 5.32 Å². The molecule has 1 heterocycles. The van der Waals surface area contributed by atoms with Gasteiger partial charge in [0.05, 0.1) is 5.69 Å². The van der Waals surface area contributed by atoms with E-state index < -0.39 is 0 Å². The van der Waals surface area contributed by atoms with E-state index in [-0.39, 0.29) is 0 Å². The first-order valence-corrected chi connectivity index (χ1v) is 6.46. The highest BCUT2D eigenvalue weighted by Gasteiger charge is 2.20. The number of rotatable bonds is 3. The molecule has 1 aliphatic rings. The second-order valence-electron chi connectivity index (χ2n) is 5.03. The Balaban J connectivity index is 1.94. The van der Waals surface area contributed by atoms with E-state index in [0.717, 1.165) is 5.92 Å². The number of aromatic nitrogens is 1. The second-order valence-corrected chi connectivity index (χ2v) is 5.03. The van der Waals surface area contributed by atoms with Crippen LogP contribution in [0.3, 0.4) is 0 Å². The smallest absolute Gasteiger partial charge is 0.0531 e. The lowest BCUT2D eigenvalue weighted by atomic mass is 9.84. The Kier molecular flexibility index (Phi) is 3.81. The van der Waals surface area contributed by atoms with E-state index in [1.165, 1.54) is 43.4 Å². The van der Waals surface area contributed by atoms with Crippen molar-refractivity contribution in [3.8, 4) is 0 Å². The molecule has 0 amide bonds. The van der Waals surface area contributed by atoms with E-state index in [2.05, 4.69) is 30.2 Å². The summed E-state index contributed by atoms with van der Waals surface area (Å²) in [4.78, 5) is 4.23. The van der Waals surface area contributed by atoms with Gasteiger partial charge in [-0.1, -0.05) is 26.2 Å². The first-order chi connectivity index (χ1) is 7.78. The summed E-state index contributed by atoms with van der Waals surface area (Å²) >= 11 is 0. The average molecular weight is 218 g/mol. The molecule has 0 aliphatic heterocycles. The van der Waals surface area contributed by atoms with Gasteiger partial charge in [-0.2, -0.15) is 0 Å². The van der Waals surface area contributed by atoms with Crippen LogP contribution in [0, 0.1) is 12.8 Å². The first kappa shape index (κ1) is 11.4. The Labute approximate surface area is 98.5 Å². The Morgan fingerprint density at radius 1 is 1.38 bits per heavy atom. The third-order valence-electron chi connectivity index (χ3n) is 3.61. The number of pyridine rings is 1. The maximum atomic E-state index is 4.23. The quantitative estimate of drug-likeness (QED) is 0.835. The fourth-order valence-electron chi connectivity index (χ4n) is 2.66. The number of hydrogen-bond acceptors (Lipinski definition) is 2. The van der Waals surface area contributed by atoms with Crippen molar-refractivity contribution in [2.75, 3.05) is 5.32 Å². The van der Waals surface area contributed by atoms with Crippen molar-refractivity contribution in [2.45, 2.75) is 52.0 Å². The van der Waals surface area contributed by atoms with Crippen molar-refractivity contribution in [3.05, 3.63) is 24.0 Å². The maximum Gasteiger partial charge on any atom is 0.0531 e. The third-order valence-corrected chi connectivity index (χ3v) is 3.61. The van der Waals surface area contributed by atoms with Crippen LogP contribution in [0.15, 0.2) is 18.5 Å². The van der Waals surface area contributed by atoms with Crippen molar-refractivity contribution in [3.63, 3.8) is 0 Å². The molecule has 0 saturated heterocycles. The fourth-order valence-corrected chi connectivity index (χ4v) is 2.66. The van der Waals surface area contributed by atoms with E-state index in [4.69, 9.17) is 0 Å². The fraction of sp³-hybridized carbons (Fsp3) is 0.643. The summed E-state index contributed by atoms with van der Waals surface area (Å²) in [5, 5.41) is 3.62. The van der Waals surface area contributed by atoms with Crippen molar-refractivity contribution in [1.29, 1.82) is 0 Å². The Bertz CT molecular complexity index is 335. The van der Waals surface area contributed by atoms with Gasteiger partial charge in [0.2, 0.25) is 0 Å². The van der Waals surface area contributed by atoms with E-state index in [1.54, 1.807) is 0 Å². The van der Waals surface area contributed by atoms with E-state index >= 15 is 0 Å². The lowest BCUT2D eigenvalue weighted by Crippen LogP contribution is -2.27. The lowest BCUT2D eigenvalue weighted by Gasteiger charge is -2.29. The van der Waals surface area contributed by atoms with Gasteiger partial charge in [-0.25, -0.2) is 0 Å². The van der Waals surface area contributed by atoms with Crippen LogP contribution in [-0.2, 0) is 0 Å². The first-order valence-electron chi connectivity index (χ1n) is 6.46. The maximum absolute atomic E-state index is 4.23. The summed E-state index contributed by atoms with van der Waals surface area (Å²) in [6, 6.07) is 2.84. The molecule has 0 spiro atoms. The highest BCUT2D eigenvalue weighted by molar-refractivity contribution is 5.43. The summed E-state index contributed by atoms with van der Waals surface area (Å²) in [7, 11) is 0. The minimum Gasteiger partial charge on any atom is -0.381 e. The predicted octanol–water partition coefficient (Wildman–Crippen LogP) is 3.77. The molecule has 88 valence electrons. The van der Waals surface area contributed by atoms with Crippen LogP contribution in [-0.4, -0.2) is 11.0 Å². The van der Waals surface area contributed by atoms with Crippen molar-refractivity contribution in [1.82, 2.24) is 4.98 Å². The van der Waals surface area contributed by atoms with Gasteiger partial charge in [0, 0.05) is 18.4 Å². The predicted molar refractivity (Wildman–Crippen MR) is 68.6 cm³/mol. The van der Waals surface area contributed by atoms with Crippen LogP contribution in [0.4, 0.5) is 5.69 Å². The zero-order valence-corrected chi connectivity index (χ0v) is 10.4.